The molecule has 1 aliphatic heterocycles. The van der Waals surface area contributed by atoms with E-state index in [9.17, 15) is 9.59 Å². The third-order valence-electron chi connectivity index (χ3n) is 3.52. The number of ether oxygens (including phenoxy) is 4. The number of esters is 1. The lowest BCUT2D eigenvalue weighted by Gasteiger charge is -2.17. The average Bonchev–Trinajstić information content (AvgIpc) is 2.98. The number of likely N-dealkylation sites (N-methyl/N-ethyl adjacent to an activating group) is 1. The van der Waals surface area contributed by atoms with Crippen molar-refractivity contribution in [1.29, 1.82) is 0 Å². The van der Waals surface area contributed by atoms with E-state index in [0.717, 1.165) is 0 Å². The van der Waals surface area contributed by atoms with Crippen molar-refractivity contribution < 1.29 is 33.6 Å². The fourth-order valence-corrected chi connectivity index (χ4v) is 2.23. The molecule has 2 N–H and O–H groups in total. The molecule has 0 saturated carbocycles. The number of rotatable bonds is 8. The zero-order chi connectivity index (χ0) is 18.2. The summed E-state index contributed by atoms with van der Waals surface area (Å²) in [6.45, 7) is -0.646. The number of hydrogen-bond donors (Lipinski definition) is 2. The van der Waals surface area contributed by atoms with Gasteiger partial charge in [-0.25, -0.2) is 4.79 Å². The molecule has 2 radical (unpaired) electrons. The molecule has 0 bridgehead atoms. The number of amides is 1. The van der Waals surface area contributed by atoms with E-state index in [1.165, 1.54) is 7.05 Å². The Morgan fingerprint density at radius 1 is 1.24 bits per heavy atom. The molecule has 25 heavy (non-hydrogen) atoms. The Bertz CT molecular complexity index is 580. The predicted octanol–water partition coefficient (Wildman–Crippen LogP) is -0.622. The van der Waals surface area contributed by atoms with Gasteiger partial charge in [-0.2, -0.15) is 0 Å². The second-order valence-corrected chi connectivity index (χ2v) is 5.38. The van der Waals surface area contributed by atoms with Crippen LogP contribution in [0.3, 0.4) is 0 Å². The summed E-state index contributed by atoms with van der Waals surface area (Å²) in [5.74, 6) is 0.129. The number of nitrogens with one attached hydrogen (secondary N) is 1. The third kappa shape index (κ3) is 5.95. The molecule has 0 aromatic heterocycles. The molecule has 1 heterocycles. The molecule has 1 fully saturated rings. The van der Waals surface area contributed by atoms with Gasteiger partial charge in [0.05, 0.1) is 6.61 Å². The lowest BCUT2D eigenvalue weighted by Crippen LogP contribution is -2.31. The van der Waals surface area contributed by atoms with Gasteiger partial charge in [0.1, 0.15) is 31.6 Å². The summed E-state index contributed by atoms with van der Waals surface area (Å²) in [4.78, 5) is 22.9. The number of aliphatic hydroxyl groups excluding tert-OH is 1. The summed E-state index contributed by atoms with van der Waals surface area (Å²) < 4.78 is 21.0. The van der Waals surface area contributed by atoms with Crippen LogP contribution < -0.4 is 14.8 Å². The molecule has 1 amide bonds. The van der Waals surface area contributed by atoms with E-state index in [4.69, 9.17) is 31.9 Å². The summed E-state index contributed by atoms with van der Waals surface area (Å²) >= 11 is 0. The molecule has 8 nitrogen and oxygen atoms in total. The van der Waals surface area contributed by atoms with Gasteiger partial charge >= 0.3 is 5.97 Å². The van der Waals surface area contributed by atoms with Crippen molar-refractivity contribution in [2.75, 3.05) is 26.9 Å². The highest BCUT2D eigenvalue weighted by molar-refractivity contribution is 6.11. The monoisotopic (exact) mass is 349 g/mol. The Kier molecular flexibility index (Phi) is 7.09. The lowest BCUT2D eigenvalue weighted by atomic mass is 9.96. The zero-order valence-electron chi connectivity index (χ0n) is 13.8. The SMILES string of the molecule is [B][C@H]1CC(OC(=O)COc2ccc(OCC(=O)NC)cc2)[C@@H](CO)O1. The fraction of sp³-hybridized carbons (Fsp3) is 0.500. The van der Waals surface area contributed by atoms with E-state index in [0.29, 0.717) is 17.9 Å². The Balaban J connectivity index is 1.75. The van der Waals surface area contributed by atoms with Crippen LogP contribution in [0.4, 0.5) is 0 Å². The van der Waals surface area contributed by atoms with Gasteiger partial charge in [-0.15, -0.1) is 0 Å². The van der Waals surface area contributed by atoms with Gasteiger partial charge in [0.25, 0.3) is 5.91 Å². The first-order valence-electron chi connectivity index (χ1n) is 7.79. The Hall–Kier alpha value is -2.26. The minimum atomic E-state index is -0.615. The molecule has 2 rings (SSSR count). The van der Waals surface area contributed by atoms with Gasteiger partial charge in [-0.05, 0) is 24.3 Å². The van der Waals surface area contributed by atoms with E-state index in [1.54, 1.807) is 24.3 Å². The van der Waals surface area contributed by atoms with E-state index in [1.807, 2.05) is 0 Å². The third-order valence-corrected chi connectivity index (χ3v) is 3.52. The molecule has 134 valence electrons. The largest absolute Gasteiger partial charge is 0.484 e. The van der Waals surface area contributed by atoms with Crippen molar-refractivity contribution in [2.24, 2.45) is 0 Å². The molecule has 3 atom stereocenters. The van der Waals surface area contributed by atoms with Crippen molar-refractivity contribution in [2.45, 2.75) is 24.6 Å². The fourth-order valence-electron chi connectivity index (χ4n) is 2.23. The molecule has 1 unspecified atom stereocenters. The van der Waals surface area contributed by atoms with Gasteiger partial charge in [0.2, 0.25) is 0 Å². The van der Waals surface area contributed by atoms with Crippen LogP contribution in [0, 0.1) is 0 Å². The van der Waals surface area contributed by atoms with Crippen molar-refractivity contribution in [3.8, 4) is 11.5 Å². The number of carbonyl (C=O) groups excluding carboxylic acids is 2. The molecule has 1 aromatic carbocycles. The zero-order valence-corrected chi connectivity index (χ0v) is 13.8. The highest BCUT2D eigenvalue weighted by atomic mass is 16.6. The highest BCUT2D eigenvalue weighted by Gasteiger charge is 2.35. The predicted molar refractivity (Wildman–Crippen MR) is 87.5 cm³/mol. The maximum atomic E-state index is 11.8. The van der Waals surface area contributed by atoms with Crippen molar-refractivity contribution >= 4 is 19.7 Å². The first-order valence-corrected chi connectivity index (χ1v) is 7.79. The van der Waals surface area contributed by atoms with Crippen LogP contribution >= 0.6 is 0 Å². The Morgan fingerprint density at radius 2 is 1.84 bits per heavy atom. The van der Waals surface area contributed by atoms with Gasteiger partial charge in [-0.1, -0.05) is 0 Å². The second-order valence-electron chi connectivity index (χ2n) is 5.38. The van der Waals surface area contributed by atoms with Crippen molar-refractivity contribution in [3.05, 3.63) is 24.3 Å². The standard InChI is InChI=1S/C16H20BNO7/c1-18-15(20)8-22-10-2-4-11(5-3-10)23-9-16(21)25-12-6-14(17)24-13(12)7-19/h2-5,12-14,19H,6-9H2,1H3,(H,18,20)/t12?,13-,14-/m1/s1. The van der Waals surface area contributed by atoms with Gasteiger partial charge in [-0.3, -0.25) is 4.79 Å². The van der Waals surface area contributed by atoms with E-state index >= 15 is 0 Å². The summed E-state index contributed by atoms with van der Waals surface area (Å²) in [6, 6.07) is 5.90. The number of hydrogen-bond acceptors (Lipinski definition) is 7. The summed E-state index contributed by atoms with van der Waals surface area (Å²) in [6.07, 6.45) is -0.874. The minimum absolute atomic E-state index is 0.0827. The maximum absolute atomic E-state index is 11.8. The normalized spacial score (nSPS) is 22.2. The van der Waals surface area contributed by atoms with Crippen molar-refractivity contribution in [3.63, 3.8) is 0 Å². The first kappa shape index (κ1) is 19.1. The van der Waals surface area contributed by atoms with Crippen LogP contribution in [0.1, 0.15) is 6.42 Å². The maximum Gasteiger partial charge on any atom is 0.344 e. The first-order chi connectivity index (χ1) is 12.0. The quantitative estimate of drug-likeness (QED) is 0.476. The molecule has 1 aromatic rings. The molecule has 9 heteroatoms. The van der Waals surface area contributed by atoms with Crippen LogP contribution in [0.2, 0.25) is 0 Å². The Labute approximate surface area is 146 Å². The molecular formula is C16H20BNO7. The molecule has 0 aliphatic carbocycles. The Morgan fingerprint density at radius 3 is 2.40 bits per heavy atom. The smallest absolute Gasteiger partial charge is 0.344 e. The topological polar surface area (TPSA) is 103 Å². The molecule has 1 saturated heterocycles. The van der Waals surface area contributed by atoms with Crippen LogP contribution in [0.25, 0.3) is 0 Å². The minimum Gasteiger partial charge on any atom is -0.484 e. The summed E-state index contributed by atoms with van der Waals surface area (Å²) in [5.41, 5.74) is 0. The summed E-state index contributed by atoms with van der Waals surface area (Å²) in [5, 5.41) is 11.6. The summed E-state index contributed by atoms with van der Waals surface area (Å²) in [7, 11) is 7.13. The number of benzene rings is 1. The van der Waals surface area contributed by atoms with Crippen LogP contribution in [0.5, 0.6) is 11.5 Å². The number of aliphatic hydroxyl groups is 1. The van der Waals surface area contributed by atoms with Gasteiger partial charge in [0, 0.05) is 19.5 Å². The van der Waals surface area contributed by atoms with E-state index in [2.05, 4.69) is 5.32 Å². The average molecular weight is 349 g/mol. The van der Waals surface area contributed by atoms with Crippen LogP contribution in [-0.2, 0) is 19.1 Å². The van der Waals surface area contributed by atoms with E-state index < -0.39 is 24.2 Å². The van der Waals surface area contributed by atoms with Gasteiger partial charge in [0.15, 0.2) is 13.2 Å². The molecule has 1 aliphatic rings. The van der Waals surface area contributed by atoms with E-state index in [-0.39, 0.29) is 25.7 Å². The number of carbonyl (C=O) groups is 2. The van der Waals surface area contributed by atoms with Crippen LogP contribution in [-0.4, -0.2) is 69.9 Å². The molecule has 0 spiro atoms. The highest BCUT2D eigenvalue weighted by Crippen LogP contribution is 2.22. The molecular weight excluding hydrogens is 329 g/mol. The second kappa shape index (κ2) is 9.29. The van der Waals surface area contributed by atoms with Crippen LogP contribution in [0.15, 0.2) is 24.3 Å². The van der Waals surface area contributed by atoms with Crippen molar-refractivity contribution in [1.82, 2.24) is 5.32 Å². The lowest BCUT2D eigenvalue weighted by molar-refractivity contribution is -0.155. The van der Waals surface area contributed by atoms with Gasteiger partial charge < -0.3 is 29.4 Å².